The van der Waals surface area contributed by atoms with E-state index in [9.17, 15) is 9.59 Å². The number of hydrogen-bond acceptors (Lipinski definition) is 4. The minimum absolute atomic E-state index is 0. The van der Waals surface area contributed by atoms with Gasteiger partial charge >= 0.3 is 0 Å². The third kappa shape index (κ3) is 4.78. The van der Waals surface area contributed by atoms with Gasteiger partial charge in [0.1, 0.15) is 5.75 Å². The van der Waals surface area contributed by atoms with E-state index in [0.29, 0.717) is 18.7 Å². The van der Waals surface area contributed by atoms with Crippen molar-refractivity contribution in [2.75, 3.05) is 32.7 Å². The van der Waals surface area contributed by atoms with Crippen LogP contribution in [0.3, 0.4) is 0 Å². The maximum absolute atomic E-state index is 13.1. The lowest BCUT2D eigenvalue weighted by Crippen LogP contribution is -2.57. The van der Waals surface area contributed by atoms with Crippen LogP contribution in [0.2, 0.25) is 0 Å². The van der Waals surface area contributed by atoms with E-state index in [2.05, 4.69) is 5.32 Å². The third-order valence-electron chi connectivity index (χ3n) is 5.94. The molecule has 1 saturated carbocycles. The van der Waals surface area contributed by atoms with Crippen LogP contribution in [-0.2, 0) is 4.79 Å². The van der Waals surface area contributed by atoms with Crippen LogP contribution in [0.15, 0.2) is 24.3 Å². The number of rotatable bonds is 4. The Bertz CT molecular complexity index is 693. The van der Waals surface area contributed by atoms with Gasteiger partial charge in [-0.25, -0.2) is 0 Å². The summed E-state index contributed by atoms with van der Waals surface area (Å²) in [5.41, 5.74) is 0.679. The van der Waals surface area contributed by atoms with E-state index < -0.39 is 0 Å². The molecule has 2 amide bonds. The summed E-state index contributed by atoms with van der Waals surface area (Å²) in [6, 6.07) is 7.71. The van der Waals surface area contributed by atoms with Gasteiger partial charge in [-0.3, -0.25) is 9.59 Å². The number of ether oxygens (including phenoxy) is 1. The molecule has 2 saturated heterocycles. The van der Waals surface area contributed by atoms with Crippen molar-refractivity contribution in [2.45, 2.75) is 50.7 Å². The molecular weight excluding hydrogens is 378 g/mol. The van der Waals surface area contributed by atoms with Crippen molar-refractivity contribution in [3.05, 3.63) is 29.8 Å². The summed E-state index contributed by atoms with van der Waals surface area (Å²) in [4.78, 5) is 29.1. The van der Waals surface area contributed by atoms with Gasteiger partial charge in [-0.05, 0) is 56.7 Å². The van der Waals surface area contributed by atoms with E-state index in [1.165, 1.54) is 12.8 Å². The molecule has 6 nitrogen and oxygen atoms in total. The van der Waals surface area contributed by atoms with Gasteiger partial charge in [0.2, 0.25) is 5.91 Å². The molecule has 3 fully saturated rings. The fraction of sp³-hybridized carbons (Fsp3) is 0.619. The summed E-state index contributed by atoms with van der Waals surface area (Å²) in [6.07, 6.45) is 6.85. The maximum atomic E-state index is 13.1. The molecule has 1 unspecified atom stereocenters. The smallest absolute Gasteiger partial charge is 0.254 e. The lowest BCUT2D eigenvalue weighted by Gasteiger charge is -2.41. The Labute approximate surface area is 173 Å². The quantitative estimate of drug-likeness (QED) is 0.832. The van der Waals surface area contributed by atoms with Crippen LogP contribution in [0.4, 0.5) is 0 Å². The molecule has 3 aliphatic rings. The largest absolute Gasteiger partial charge is 0.490 e. The van der Waals surface area contributed by atoms with Crippen molar-refractivity contribution in [2.24, 2.45) is 0 Å². The van der Waals surface area contributed by atoms with Crippen LogP contribution in [0.1, 0.15) is 48.9 Å². The predicted octanol–water partition coefficient (Wildman–Crippen LogP) is 2.47. The maximum Gasteiger partial charge on any atom is 0.254 e. The molecule has 1 aliphatic carbocycles. The van der Waals surface area contributed by atoms with Crippen molar-refractivity contribution in [3.63, 3.8) is 0 Å². The zero-order valence-corrected chi connectivity index (χ0v) is 17.1. The first-order valence-electron chi connectivity index (χ1n) is 10.3. The summed E-state index contributed by atoms with van der Waals surface area (Å²) in [5, 5.41) is 3.11. The number of carbonyl (C=O) groups is 2. The topological polar surface area (TPSA) is 61.9 Å². The summed E-state index contributed by atoms with van der Waals surface area (Å²) < 4.78 is 6.05. The Kier molecular flexibility index (Phi) is 7.18. The number of likely N-dealkylation sites (tertiary alicyclic amines) is 1. The molecule has 7 heteroatoms. The molecule has 1 aromatic rings. The SMILES string of the molecule is Cl.O=C(c1cccc(OC2CCCC2)c1)N1CCCC(N2CCNCC2=O)C1. The number of amides is 2. The van der Waals surface area contributed by atoms with E-state index in [1.54, 1.807) is 0 Å². The Hall–Kier alpha value is -1.79. The number of carbonyl (C=O) groups excluding carboxylic acids is 2. The Morgan fingerprint density at radius 1 is 1.11 bits per heavy atom. The minimum Gasteiger partial charge on any atom is -0.490 e. The highest BCUT2D eigenvalue weighted by Gasteiger charge is 2.32. The fourth-order valence-corrected chi connectivity index (χ4v) is 4.48. The number of piperidine rings is 1. The van der Waals surface area contributed by atoms with Crippen molar-refractivity contribution in [1.82, 2.24) is 15.1 Å². The molecule has 1 N–H and O–H groups in total. The molecule has 154 valence electrons. The van der Waals surface area contributed by atoms with Crippen LogP contribution in [0.25, 0.3) is 0 Å². The number of benzene rings is 1. The first-order chi connectivity index (χ1) is 13.2. The average Bonchev–Trinajstić information content (AvgIpc) is 3.21. The van der Waals surface area contributed by atoms with Crippen LogP contribution < -0.4 is 10.1 Å². The lowest BCUT2D eigenvalue weighted by atomic mass is 10.0. The minimum atomic E-state index is 0. The van der Waals surface area contributed by atoms with Crippen LogP contribution in [-0.4, -0.2) is 66.5 Å². The van der Waals surface area contributed by atoms with Gasteiger partial charge in [-0.1, -0.05) is 6.07 Å². The van der Waals surface area contributed by atoms with Crippen LogP contribution in [0.5, 0.6) is 5.75 Å². The molecule has 1 aromatic carbocycles. The van der Waals surface area contributed by atoms with Gasteiger partial charge in [0, 0.05) is 37.8 Å². The highest BCUT2D eigenvalue weighted by molar-refractivity contribution is 5.94. The van der Waals surface area contributed by atoms with Gasteiger partial charge in [-0.2, -0.15) is 0 Å². The highest BCUT2D eigenvalue weighted by atomic mass is 35.5. The van der Waals surface area contributed by atoms with E-state index in [-0.39, 0.29) is 36.4 Å². The van der Waals surface area contributed by atoms with Gasteiger partial charge in [0.25, 0.3) is 5.91 Å². The third-order valence-corrected chi connectivity index (χ3v) is 5.94. The van der Waals surface area contributed by atoms with E-state index in [4.69, 9.17) is 4.74 Å². The van der Waals surface area contributed by atoms with Crippen LogP contribution in [0, 0.1) is 0 Å². The lowest BCUT2D eigenvalue weighted by molar-refractivity contribution is -0.135. The van der Waals surface area contributed by atoms with Crippen molar-refractivity contribution >= 4 is 24.2 Å². The molecule has 1 atom stereocenters. The molecule has 0 spiro atoms. The highest BCUT2D eigenvalue weighted by Crippen LogP contribution is 2.25. The first kappa shape index (κ1) is 20.9. The van der Waals surface area contributed by atoms with E-state index in [0.717, 1.165) is 51.1 Å². The molecular formula is C21H30ClN3O3. The van der Waals surface area contributed by atoms with Crippen molar-refractivity contribution in [3.8, 4) is 5.75 Å². The monoisotopic (exact) mass is 407 g/mol. The summed E-state index contributed by atoms with van der Waals surface area (Å²) >= 11 is 0. The molecule has 0 bridgehead atoms. The molecule has 2 aliphatic heterocycles. The molecule has 0 radical (unpaired) electrons. The summed E-state index contributed by atoms with van der Waals surface area (Å²) in [5.74, 6) is 0.977. The first-order valence-corrected chi connectivity index (χ1v) is 10.3. The average molecular weight is 408 g/mol. The number of halogens is 1. The second-order valence-corrected chi connectivity index (χ2v) is 7.86. The number of piperazine rings is 1. The van der Waals surface area contributed by atoms with Crippen molar-refractivity contribution < 1.29 is 14.3 Å². The summed E-state index contributed by atoms with van der Waals surface area (Å²) in [7, 11) is 0. The zero-order chi connectivity index (χ0) is 18.6. The predicted molar refractivity (Wildman–Crippen MR) is 110 cm³/mol. The molecule has 28 heavy (non-hydrogen) atoms. The van der Waals surface area contributed by atoms with E-state index in [1.807, 2.05) is 34.1 Å². The Morgan fingerprint density at radius 2 is 1.93 bits per heavy atom. The second-order valence-electron chi connectivity index (χ2n) is 7.86. The van der Waals surface area contributed by atoms with Gasteiger partial charge in [-0.15, -0.1) is 12.4 Å². The zero-order valence-electron chi connectivity index (χ0n) is 16.3. The normalized spacial score (nSPS) is 23.4. The molecule has 0 aromatic heterocycles. The van der Waals surface area contributed by atoms with Crippen molar-refractivity contribution in [1.29, 1.82) is 0 Å². The summed E-state index contributed by atoms with van der Waals surface area (Å²) in [6.45, 7) is 3.35. The fourth-order valence-electron chi connectivity index (χ4n) is 4.48. The van der Waals surface area contributed by atoms with Crippen LogP contribution >= 0.6 is 12.4 Å². The standard InChI is InChI=1S/C21H29N3O3.ClH/c25-20-14-22-10-12-24(20)17-6-4-11-23(15-17)21(26)16-5-3-9-19(13-16)27-18-7-1-2-8-18;/h3,5,9,13,17-18,22H,1-2,4,6-8,10-12,14-15H2;1H. The Morgan fingerprint density at radius 3 is 2.71 bits per heavy atom. The van der Waals surface area contributed by atoms with Gasteiger partial charge in [0.15, 0.2) is 0 Å². The molecule has 4 rings (SSSR count). The number of hydrogen-bond donors (Lipinski definition) is 1. The number of nitrogens with zero attached hydrogens (tertiary/aromatic N) is 2. The molecule has 2 heterocycles. The second kappa shape index (κ2) is 9.61. The van der Waals surface area contributed by atoms with Gasteiger partial charge in [0.05, 0.1) is 12.6 Å². The number of nitrogens with one attached hydrogen (secondary N) is 1. The Balaban J connectivity index is 0.00000225. The van der Waals surface area contributed by atoms with E-state index >= 15 is 0 Å². The van der Waals surface area contributed by atoms with Gasteiger partial charge < -0.3 is 19.9 Å².